The van der Waals surface area contributed by atoms with Crippen molar-refractivity contribution in [1.29, 1.82) is 0 Å². The van der Waals surface area contributed by atoms with Gasteiger partial charge in [-0.15, -0.1) is 0 Å². The van der Waals surface area contributed by atoms with Gasteiger partial charge in [-0.05, 0) is 26.7 Å². The molecule has 1 heterocycles. The fourth-order valence-corrected chi connectivity index (χ4v) is 2.39. The second-order valence-electron chi connectivity index (χ2n) is 4.08. The second-order valence-corrected chi connectivity index (χ2v) is 5.25. The van der Waals surface area contributed by atoms with Gasteiger partial charge in [-0.3, -0.25) is 4.68 Å². The molecule has 0 fully saturated rings. The fraction of sp³-hybridized carbons (Fsp3) is 0.615. The molecule has 0 unspecified atom stereocenters. The Kier molecular flexibility index (Phi) is 6.28. The molecule has 0 radical (unpaired) electrons. The fourth-order valence-electron chi connectivity index (χ4n) is 1.82. The van der Waals surface area contributed by atoms with Crippen LogP contribution < -0.4 is 0 Å². The summed E-state index contributed by atoms with van der Waals surface area (Å²) in [6, 6.07) is 0. The lowest BCUT2D eigenvalue weighted by molar-refractivity contribution is 0.620. The largest absolute Gasteiger partial charge is 0.268 e. The number of halogens is 2. The van der Waals surface area contributed by atoms with Crippen molar-refractivity contribution in [3.63, 3.8) is 0 Å². The van der Waals surface area contributed by atoms with Crippen molar-refractivity contribution in [2.75, 3.05) is 5.33 Å². The first-order valence-electron chi connectivity index (χ1n) is 6.09. The summed E-state index contributed by atoms with van der Waals surface area (Å²) in [4.78, 5) is 0. The van der Waals surface area contributed by atoms with Crippen LogP contribution in [0.3, 0.4) is 0 Å². The van der Waals surface area contributed by atoms with E-state index in [0.29, 0.717) is 0 Å². The summed E-state index contributed by atoms with van der Waals surface area (Å²) in [5.74, 6) is 0. The van der Waals surface area contributed by atoms with Crippen LogP contribution in [0.4, 0.5) is 0 Å². The van der Waals surface area contributed by atoms with E-state index >= 15 is 0 Å². The number of allylic oxidation sites excluding steroid dienone is 2. The number of rotatable bonds is 6. The summed E-state index contributed by atoms with van der Waals surface area (Å²) in [6.07, 6.45) is 5.10. The third-order valence-corrected chi connectivity index (χ3v) is 3.64. The molecule has 96 valence electrons. The predicted molar refractivity (Wildman–Crippen MR) is 78.2 cm³/mol. The lowest BCUT2D eigenvalue weighted by Gasteiger charge is -2.05. The van der Waals surface area contributed by atoms with E-state index in [1.54, 1.807) is 0 Å². The van der Waals surface area contributed by atoms with Gasteiger partial charge in [-0.25, -0.2) is 0 Å². The molecular weight excluding hydrogens is 300 g/mol. The van der Waals surface area contributed by atoms with Crippen molar-refractivity contribution in [1.82, 2.24) is 9.78 Å². The summed E-state index contributed by atoms with van der Waals surface area (Å²) < 4.78 is 2.02. The maximum absolute atomic E-state index is 6.37. The Labute approximate surface area is 117 Å². The molecule has 0 amide bonds. The van der Waals surface area contributed by atoms with E-state index in [1.165, 1.54) is 5.57 Å². The number of aryl methyl sites for hydroxylation is 2. The van der Waals surface area contributed by atoms with Gasteiger partial charge in [0, 0.05) is 18.3 Å². The van der Waals surface area contributed by atoms with E-state index in [2.05, 4.69) is 47.9 Å². The van der Waals surface area contributed by atoms with Crippen LogP contribution >= 0.6 is 27.5 Å². The average Bonchev–Trinajstić information content (AvgIpc) is 2.63. The van der Waals surface area contributed by atoms with Crippen molar-refractivity contribution in [3.05, 3.63) is 28.1 Å². The highest BCUT2D eigenvalue weighted by Crippen LogP contribution is 2.24. The Hall–Kier alpha value is -0.280. The summed E-state index contributed by atoms with van der Waals surface area (Å²) in [5.41, 5.74) is 3.51. The van der Waals surface area contributed by atoms with Gasteiger partial charge in [0.2, 0.25) is 0 Å². The molecule has 1 aromatic heterocycles. The molecule has 2 nitrogen and oxygen atoms in total. The topological polar surface area (TPSA) is 17.8 Å². The van der Waals surface area contributed by atoms with Crippen molar-refractivity contribution in [3.8, 4) is 0 Å². The normalized spacial score (nSPS) is 12.2. The minimum atomic E-state index is 0.848. The number of aromatic nitrogens is 2. The summed E-state index contributed by atoms with van der Waals surface area (Å²) >= 11 is 9.80. The summed E-state index contributed by atoms with van der Waals surface area (Å²) in [5, 5.41) is 6.38. The van der Waals surface area contributed by atoms with Crippen LogP contribution in [0.1, 0.15) is 38.6 Å². The van der Waals surface area contributed by atoms with Crippen LogP contribution in [0.5, 0.6) is 0 Å². The lowest BCUT2D eigenvalue weighted by Crippen LogP contribution is -2.03. The van der Waals surface area contributed by atoms with Crippen LogP contribution in [0.2, 0.25) is 5.02 Å². The highest BCUT2D eigenvalue weighted by Gasteiger charge is 2.14. The van der Waals surface area contributed by atoms with Crippen LogP contribution in [-0.4, -0.2) is 15.1 Å². The minimum absolute atomic E-state index is 0.848. The maximum Gasteiger partial charge on any atom is 0.0853 e. The van der Waals surface area contributed by atoms with Gasteiger partial charge < -0.3 is 0 Å². The average molecular weight is 320 g/mol. The minimum Gasteiger partial charge on any atom is -0.268 e. The van der Waals surface area contributed by atoms with Gasteiger partial charge >= 0.3 is 0 Å². The first-order chi connectivity index (χ1) is 8.13. The third kappa shape index (κ3) is 3.85. The summed E-state index contributed by atoms with van der Waals surface area (Å²) in [7, 11) is 0. The molecule has 0 aliphatic carbocycles. The van der Waals surface area contributed by atoms with Gasteiger partial charge in [-0.2, -0.15) is 5.10 Å². The zero-order valence-corrected chi connectivity index (χ0v) is 13.1. The Morgan fingerprint density at radius 3 is 2.71 bits per heavy atom. The molecule has 0 N–H and O–H groups in total. The number of hydrogen-bond donors (Lipinski definition) is 0. The standard InChI is InChI=1S/C13H20BrClN2/c1-4-11-13(15)12(17(5-2)16-11)9-10(3)7-6-8-14/h7H,4-6,8-9H2,1-3H3. The molecule has 4 heteroatoms. The molecule has 1 aromatic rings. The number of alkyl halides is 1. The highest BCUT2D eigenvalue weighted by atomic mass is 79.9. The van der Waals surface area contributed by atoms with E-state index in [4.69, 9.17) is 11.6 Å². The van der Waals surface area contributed by atoms with Crippen LogP contribution in [-0.2, 0) is 19.4 Å². The van der Waals surface area contributed by atoms with E-state index in [1.807, 2.05) is 4.68 Å². The molecule has 0 saturated carbocycles. The molecule has 0 atom stereocenters. The summed E-state index contributed by atoms with van der Waals surface area (Å²) in [6.45, 7) is 7.22. The molecule has 0 bridgehead atoms. The van der Waals surface area contributed by atoms with Crippen LogP contribution in [0.25, 0.3) is 0 Å². The van der Waals surface area contributed by atoms with E-state index in [0.717, 1.165) is 47.5 Å². The second kappa shape index (κ2) is 7.22. The van der Waals surface area contributed by atoms with Gasteiger partial charge in [0.05, 0.1) is 16.4 Å². The van der Waals surface area contributed by atoms with Gasteiger partial charge in [0.15, 0.2) is 0 Å². The highest BCUT2D eigenvalue weighted by molar-refractivity contribution is 9.09. The lowest BCUT2D eigenvalue weighted by atomic mass is 10.1. The number of hydrogen-bond acceptors (Lipinski definition) is 1. The molecule has 1 rings (SSSR count). The van der Waals surface area contributed by atoms with Gasteiger partial charge in [0.25, 0.3) is 0 Å². The monoisotopic (exact) mass is 318 g/mol. The molecule has 0 saturated heterocycles. The first kappa shape index (κ1) is 14.8. The van der Waals surface area contributed by atoms with E-state index < -0.39 is 0 Å². The first-order valence-corrected chi connectivity index (χ1v) is 7.59. The molecule has 0 spiro atoms. The van der Waals surface area contributed by atoms with E-state index in [-0.39, 0.29) is 0 Å². The van der Waals surface area contributed by atoms with Crippen molar-refractivity contribution in [2.24, 2.45) is 0 Å². The van der Waals surface area contributed by atoms with Crippen molar-refractivity contribution in [2.45, 2.75) is 46.6 Å². The van der Waals surface area contributed by atoms with Gasteiger partial charge in [-0.1, -0.05) is 46.1 Å². The molecular formula is C13H20BrClN2. The Bertz CT molecular complexity index is 396. The Morgan fingerprint density at radius 2 is 2.18 bits per heavy atom. The number of nitrogens with zero attached hydrogens (tertiary/aromatic N) is 2. The maximum atomic E-state index is 6.37. The van der Waals surface area contributed by atoms with Crippen LogP contribution in [0.15, 0.2) is 11.6 Å². The third-order valence-electron chi connectivity index (χ3n) is 2.74. The molecule has 0 aliphatic rings. The quantitative estimate of drug-likeness (QED) is 0.561. The van der Waals surface area contributed by atoms with Crippen LogP contribution in [0, 0.1) is 0 Å². The zero-order chi connectivity index (χ0) is 12.8. The predicted octanol–water partition coefficient (Wildman–Crippen LogP) is 4.39. The van der Waals surface area contributed by atoms with Crippen molar-refractivity contribution >= 4 is 27.5 Å². The zero-order valence-electron chi connectivity index (χ0n) is 10.8. The smallest absolute Gasteiger partial charge is 0.0853 e. The SMILES string of the molecule is CCc1nn(CC)c(CC(C)=CCCBr)c1Cl. The molecule has 0 aromatic carbocycles. The Morgan fingerprint density at radius 1 is 1.47 bits per heavy atom. The van der Waals surface area contributed by atoms with Gasteiger partial charge in [0.1, 0.15) is 0 Å². The van der Waals surface area contributed by atoms with E-state index in [9.17, 15) is 0 Å². The molecule has 0 aliphatic heterocycles. The van der Waals surface area contributed by atoms with Crippen molar-refractivity contribution < 1.29 is 0 Å². The molecule has 17 heavy (non-hydrogen) atoms. The Balaban J connectivity index is 2.92.